The van der Waals surface area contributed by atoms with E-state index in [0.29, 0.717) is 0 Å². The number of likely N-dealkylation sites (tertiary alicyclic amines) is 1. The number of halogens is 1. The first-order valence-corrected chi connectivity index (χ1v) is 7.96. The van der Waals surface area contributed by atoms with Crippen molar-refractivity contribution in [3.05, 3.63) is 27.8 Å². The molecule has 2 nitrogen and oxygen atoms in total. The van der Waals surface area contributed by atoms with Crippen molar-refractivity contribution in [2.75, 3.05) is 19.7 Å². The average Bonchev–Trinajstić information content (AvgIpc) is 2.39. The molecule has 1 atom stereocenters. The summed E-state index contributed by atoms with van der Waals surface area (Å²) in [6.07, 6.45) is 5.24. The van der Waals surface area contributed by atoms with Gasteiger partial charge >= 0.3 is 0 Å². The number of hydrogen-bond donors (Lipinski definition) is 0. The van der Waals surface area contributed by atoms with Gasteiger partial charge in [0.05, 0.1) is 6.61 Å². The third-order valence-electron chi connectivity index (χ3n) is 3.61. The lowest BCUT2D eigenvalue weighted by Gasteiger charge is -2.33. The number of hydrogen-bond acceptors (Lipinski definition) is 2. The third-order valence-corrected chi connectivity index (χ3v) is 4.33. The van der Waals surface area contributed by atoms with Crippen LogP contribution in [0.5, 0.6) is 5.75 Å². The Morgan fingerprint density at radius 1 is 1.28 bits per heavy atom. The smallest absolute Gasteiger partial charge is 0.119 e. The fourth-order valence-electron chi connectivity index (χ4n) is 2.48. The highest BCUT2D eigenvalue weighted by Crippen LogP contribution is 2.17. The fraction of sp³-hybridized carbons (Fsp3) is 0.600. The fourth-order valence-corrected chi connectivity index (χ4v) is 2.84. The van der Waals surface area contributed by atoms with Crippen LogP contribution in [-0.4, -0.2) is 30.6 Å². The number of nitrogens with zero attached hydrogens (tertiary/aromatic N) is 1. The van der Waals surface area contributed by atoms with E-state index in [1.54, 1.807) is 0 Å². The quantitative estimate of drug-likeness (QED) is 0.583. The molecule has 100 valence electrons. The van der Waals surface area contributed by atoms with Gasteiger partial charge in [-0.15, -0.1) is 0 Å². The second-order valence-corrected chi connectivity index (χ2v) is 6.28. The Morgan fingerprint density at radius 3 is 2.78 bits per heavy atom. The minimum absolute atomic E-state index is 0.761. The Hall–Kier alpha value is -0.290. The third kappa shape index (κ3) is 4.43. The maximum absolute atomic E-state index is 5.76. The Balaban J connectivity index is 1.65. The van der Waals surface area contributed by atoms with Crippen molar-refractivity contribution in [3.8, 4) is 5.75 Å². The van der Waals surface area contributed by atoms with Crippen molar-refractivity contribution in [1.29, 1.82) is 0 Å². The molecule has 2 rings (SSSR count). The van der Waals surface area contributed by atoms with Gasteiger partial charge in [0.25, 0.3) is 0 Å². The van der Waals surface area contributed by atoms with Crippen molar-refractivity contribution in [2.24, 2.45) is 0 Å². The molecule has 0 aliphatic carbocycles. The van der Waals surface area contributed by atoms with Crippen molar-refractivity contribution in [1.82, 2.24) is 4.90 Å². The summed E-state index contributed by atoms with van der Waals surface area (Å²) in [5.41, 5.74) is 0. The van der Waals surface area contributed by atoms with E-state index in [2.05, 4.69) is 46.5 Å². The van der Waals surface area contributed by atoms with Crippen LogP contribution in [0.2, 0.25) is 0 Å². The molecule has 0 bridgehead atoms. The Bertz CT molecular complexity index is 352. The highest BCUT2D eigenvalue weighted by Gasteiger charge is 2.17. The summed E-state index contributed by atoms with van der Waals surface area (Å²) in [5, 5.41) is 0. The van der Waals surface area contributed by atoms with Crippen LogP contribution in [0.25, 0.3) is 0 Å². The molecule has 0 N–H and O–H groups in total. The van der Waals surface area contributed by atoms with Crippen LogP contribution >= 0.6 is 22.6 Å². The van der Waals surface area contributed by atoms with Crippen molar-refractivity contribution >= 4 is 22.6 Å². The molecular formula is C15H22INO. The first-order chi connectivity index (χ1) is 8.75. The van der Waals surface area contributed by atoms with Gasteiger partial charge in [-0.25, -0.2) is 0 Å². The zero-order valence-electron chi connectivity index (χ0n) is 11.1. The van der Waals surface area contributed by atoms with E-state index in [1.165, 1.54) is 35.9 Å². The molecule has 1 aromatic rings. The van der Waals surface area contributed by atoms with E-state index in [0.717, 1.165) is 24.8 Å². The number of benzene rings is 1. The molecular weight excluding hydrogens is 337 g/mol. The summed E-state index contributed by atoms with van der Waals surface area (Å²) in [5.74, 6) is 0.988. The van der Waals surface area contributed by atoms with Crippen molar-refractivity contribution in [3.63, 3.8) is 0 Å². The summed E-state index contributed by atoms with van der Waals surface area (Å²) in [7, 11) is 0. The van der Waals surface area contributed by atoms with Crippen LogP contribution in [0.4, 0.5) is 0 Å². The predicted molar refractivity (Wildman–Crippen MR) is 84.2 cm³/mol. The maximum atomic E-state index is 5.76. The summed E-state index contributed by atoms with van der Waals surface area (Å²) < 4.78 is 7.01. The highest BCUT2D eigenvalue weighted by atomic mass is 127. The predicted octanol–water partition coefficient (Wildman–Crippen LogP) is 3.93. The second-order valence-electron chi connectivity index (χ2n) is 5.04. The largest absolute Gasteiger partial charge is 0.494 e. The molecule has 1 fully saturated rings. The Morgan fingerprint density at radius 2 is 2.06 bits per heavy atom. The monoisotopic (exact) mass is 359 g/mol. The molecule has 0 aromatic heterocycles. The van der Waals surface area contributed by atoms with Gasteiger partial charge in [0.2, 0.25) is 0 Å². The molecule has 1 saturated heterocycles. The molecule has 1 aromatic carbocycles. The van der Waals surface area contributed by atoms with Crippen LogP contribution in [-0.2, 0) is 0 Å². The zero-order chi connectivity index (χ0) is 12.8. The first-order valence-electron chi connectivity index (χ1n) is 6.88. The second kappa shape index (κ2) is 7.34. The molecule has 0 unspecified atom stereocenters. The minimum atomic E-state index is 0.761. The van der Waals surface area contributed by atoms with Crippen LogP contribution in [0.1, 0.15) is 32.6 Å². The van der Waals surface area contributed by atoms with Gasteiger partial charge in [-0.3, -0.25) is 0 Å². The van der Waals surface area contributed by atoms with Gasteiger partial charge < -0.3 is 9.64 Å². The van der Waals surface area contributed by atoms with E-state index in [4.69, 9.17) is 4.74 Å². The molecule has 0 amide bonds. The van der Waals surface area contributed by atoms with E-state index in [1.807, 2.05) is 12.1 Å². The van der Waals surface area contributed by atoms with Gasteiger partial charge in [-0.1, -0.05) is 6.42 Å². The standard InChI is InChI=1S/C15H22INO/c1-13-5-2-3-10-17(13)11-4-12-18-15-8-6-14(16)7-9-15/h6-9,13H,2-5,10-12H2,1H3/t13-/m1/s1. The molecule has 1 heterocycles. The maximum Gasteiger partial charge on any atom is 0.119 e. The van der Waals surface area contributed by atoms with Crippen molar-refractivity contribution in [2.45, 2.75) is 38.6 Å². The Kier molecular flexibility index (Phi) is 5.76. The molecule has 3 heteroatoms. The molecule has 1 aliphatic heterocycles. The Labute approximate surface area is 124 Å². The number of ether oxygens (including phenoxy) is 1. The highest BCUT2D eigenvalue weighted by molar-refractivity contribution is 14.1. The molecule has 1 aliphatic rings. The SMILES string of the molecule is C[C@@H]1CCCCN1CCCOc1ccc(I)cc1. The van der Waals surface area contributed by atoms with Crippen LogP contribution < -0.4 is 4.74 Å². The first kappa shape index (κ1) is 14.1. The van der Waals surface area contributed by atoms with Gasteiger partial charge in [-0.05, 0) is 79.6 Å². The van der Waals surface area contributed by atoms with Gasteiger partial charge in [-0.2, -0.15) is 0 Å². The topological polar surface area (TPSA) is 12.5 Å². The van der Waals surface area contributed by atoms with Crippen LogP contribution in [0.3, 0.4) is 0 Å². The van der Waals surface area contributed by atoms with E-state index in [-0.39, 0.29) is 0 Å². The molecule has 0 spiro atoms. The summed E-state index contributed by atoms with van der Waals surface area (Å²) in [6.45, 7) is 5.61. The van der Waals surface area contributed by atoms with Gasteiger partial charge in [0.15, 0.2) is 0 Å². The lowest BCUT2D eigenvalue weighted by Crippen LogP contribution is -2.38. The average molecular weight is 359 g/mol. The van der Waals surface area contributed by atoms with Crippen molar-refractivity contribution < 1.29 is 4.74 Å². The number of piperidine rings is 1. The summed E-state index contributed by atoms with van der Waals surface area (Å²) in [6, 6.07) is 9.03. The number of rotatable bonds is 5. The normalized spacial score (nSPS) is 20.9. The van der Waals surface area contributed by atoms with Gasteiger partial charge in [0, 0.05) is 16.2 Å². The zero-order valence-corrected chi connectivity index (χ0v) is 13.2. The van der Waals surface area contributed by atoms with Crippen LogP contribution in [0, 0.1) is 3.57 Å². The minimum Gasteiger partial charge on any atom is -0.494 e. The summed E-state index contributed by atoms with van der Waals surface area (Å²) >= 11 is 2.31. The van der Waals surface area contributed by atoms with E-state index < -0.39 is 0 Å². The van der Waals surface area contributed by atoms with Gasteiger partial charge in [0.1, 0.15) is 5.75 Å². The lowest BCUT2D eigenvalue weighted by molar-refractivity contribution is 0.148. The van der Waals surface area contributed by atoms with E-state index in [9.17, 15) is 0 Å². The van der Waals surface area contributed by atoms with Crippen LogP contribution in [0.15, 0.2) is 24.3 Å². The van der Waals surface area contributed by atoms with E-state index >= 15 is 0 Å². The summed E-state index contributed by atoms with van der Waals surface area (Å²) in [4.78, 5) is 2.60. The lowest BCUT2D eigenvalue weighted by atomic mass is 10.0. The molecule has 18 heavy (non-hydrogen) atoms. The molecule has 0 radical (unpaired) electrons. The molecule has 0 saturated carbocycles.